The zero-order valence-corrected chi connectivity index (χ0v) is 14.4. The van der Waals surface area contributed by atoms with Crippen molar-refractivity contribution >= 4 is 22.2 Å². The van der Waals surface area contributed by atoms with Gasteiger partial charge in [-0.1, -0.05) is 44.2 Å². The van der Waals surface area contributed by atoms with Crippen LogP contribution in [0.15, 0.2) is 36.4 Å². The van der Waals surface area contributed by atoms with Gasteiger partial charge in [-0.05, 0) is 39.8 Å². The summed E-state index contributed by atoms with van der Waals surface area (Å²) in [5.41, 5.74) is 2.32. The van der Waals surface area contributed by atoms with Gasteiger partial charge >= 0.3 is 5.82 Å². The molecule has 0 saturated heterocycles. The topological polar surface area (TPSA) is 56.3 Å². The lowest BCUT2D eigenvalue weighted by Crippen LogP contribution is -2.17. The maximum absolute atomic E-state index is 9.32. The Balaban J connectivity index is 2.66. The van der Waals surface area contributed by atoms with E-state index < -0.39 is 0 Å². The number of nitrogens with zero attached hydrogens (tertiary/aromatic N) is 4. The first kappa shape index (κ1) is 17.0. The van der Waals surface area contributed by atoms with Crippen molar-refractivity contribution < 1.29 is 0 Å². The van der Waals surface area contributed by atoms with E-state index in [1.807, 2.05) is 24.3 Å². The second kappa shape index (κ2) is 6.57. The minimum atomic E-state index is -0.0102. The normalized spacial score (nSPS) is 17.3. The zero-order valence-electron chi connectivity index (χ0n) is 14.4. The Morgan fingerprint density at radius 3 is 1.81 bits per heavy atom. The lowest BCUT2D eigenvalue weighted by molar-refractivity contribution is 0.835. The Morgan fingerprint density at radius 1 is 0.885 bits per heavy atom. The van der Waals surface area contributed by atoms with Gasteiger partial charge in [0.1, 0.15) is 30.9 Å². The third-order valence-corrected chi connectivity index (χ3v) is 4.84. The van der Waals surface area contributed by atoms with Crippen LogP contribution < -0.4 is 10.4 Å². The molecule has 1 aliphatic rings. The molecule has 4 heteroatoms. The van der Waals surface area contributed by atoms with Crippen LogP contribution in [0.3, 0.4) is 0 Å². The highest BCUT2D eigenvalue weighted by molar-refractivity contribution is 5.92. The average molecular weight is 334 g/mol. The highest BCUT2D eigenvalue weighted by atomic mass is 14.9. The largest absolute Gasteiger partial charge is 0.527 e. The molecule has 0 heterocycles. The molecule has 0 radical (unpaired) electrons. The van der Waals surface area contributed by atoms with E-state index in [1.165, 1.54) is 0 Å². The molecule has 0 aliphatic heterocycles. The van der Waals surface area contributed by atoms with Crippen LogP contribution in [0.5, 0.6) is 0 Å². The predicted octanol–water partition coefficient (Wildman–Crippen LogP) is 3.72. The van der Waals surface area contributed by atoms with Crippen molar-refractivity contribution in [3.63, 3.8) is 0 Å². The minimum absolute atomic E-state index is 0.0102. The van der Waals surface area contributed by atoms with E-state index in [-0.39, 0.29) is 23.2 Å². The molecule has 2 atom stereocenters. The summed E-state index contributed by atoms with van der Waals surface area (Å²) in [5, 5.41) is 21.2. The van der Waals surface area contributed by atoms with Crippen molar-refractivity contribution in [3.8, 4) is 12.1 Å². The van der Waals surface area contributed by atoms with Gasteiger partial charge in [-0.25, -0.2) is 0 Å². The summed E-state index contributed by atoms with van der Waals surface area (Å²) in [7, 11) is 0. The van der Waals surface area contributed by atoms with Crippen molar-refractivity contribution in [1.82, 2.24) is 0 Å². The fourth-order valence-electron chi connectivity index (χ4n) is 3.46. The lowest BCUT2D eigenvalue weighted by Gasteiger charge is -2.23. The van der Waals surface area contributed by atoms with Crippen LogP contribution in [0.1, 0.15) is 36.8 Å². The molecule has 2 aromatic rings. The van der Waals surface area contributed by atoms with Crippen LogP contribution in [0, 0.1) is 35.8 Å². The highest BCUT2D eigenvalue weighted by Gasteiger charge is 2.20. The molecular weight excluding hydrogens is 320 g/mol. The van der Waals surface area contributed by atoms with Crippen molar-refractivity contribution in [2.75, 3.05) is 0 Å². The van der Waals surface area contributed by atoms with Gasteiger partial charge in [0.2, 0.25) is 0 Å². The maximum atomic E-state index is 9.32. The van der Waals surface area contributed by atoms with E-state index >= 15 is 0 Å². The molecule has 122 valence electrons. The minimum Gasteiger partial charge on any atom is -0.192 e. The quantitative estimate of drug-likeness (QED) is 0.544. The summed E-state index contributed by atoms with van der Waals surface area (Å²) in [6.45, 7) is 18.8. The van der Waals surface area contributed by atoms with Crippen LogP contribution in [0.4, 0.5) is 0 Å². The monoisotopic (exact) mass is 334 g/mol. The molecule has 0 N–H and O–H groups in total. The first-order valence-electron chi connectivity index (χ1n) is 8.14. The third-order valence-electron chi connectivity index (χ3n) is 4.84. The van der Waals surface area contributed by atoms with Crippen LogP contribution in [-0.4, -0.2) is 0 Å². The fourth-order valence-corrected chi connectivity index (χ4v) is 3.46. The van der Waals surface area contributed by atoms with Gasteiger partial charge in [0, 0.05) is 5.22 Å². The molecular formula is C22H14N4. The van der Waals surface area contributed by atoms with Crippen LogP contribution >= 0.6 is 0 Å². The average Bonchev–Trinajstić information content (AvgIpc) is 2.67. The number of allylic oxidation sites excluding steroid dienone is 2. The highest BCUT2D eigenvalue weighted by Crippen LogP contribution is 2.35. The van der Waals surface area contributed by atoms with Gasteiger partial charge < -0.3 is 0 Å². The number of hydrogen-bond acceptors (Lipinski definition) is 2. The molecule has 4 nitrogen and oxygen atoms in total. The molecule has 2 aromatic carbocycles. The van der Waals surface area contributed by atoms with Gasteiger partial charge in [0.25, 0.3) is 0 Å². The Labute approximate surface area is 151 Å². The number of benzene rings is 2. The van der Waals surface area contributed by atoms with Crippen LogP contribution in [0.2, 0.25) is 0 Å². The second-order valence-corrected chi connectivity index (χ2v) is 6.30. The zero-order chi connectivity index (χ0) is 18.8. The van der Waals surface area contributed by atoms with Crippen molar-refractivity contribution in [2.24, 2.45) is 0 Å². The van der Waals surface area contributed by atoms with E-state index in [9.17, 15) is 10.5 Å². The first-order chi connectivity index (χ1) is 12.5. The molecule has 3 rings (SSSR count). The smallest absolute Gasteiger partial charge is 0.192 e. The molecule has 0 fully saturated rings. The number of hydrogen-bond donors (Lipinski definition) is 0. The van der Waals surface area contributed by atoms with Crippen LogP contribution in [-0.2, 0) is 0 Å². The summed E-state index contributed by atoms with van der Waals surface area (Å²) in [4.78, 5) is 6.70. The van der Waals surface area contributed by atoms with Gasteiger partial charge in [0.15, 0.2) is 0 Å². The van der Waals surface area contributed by atoms with Crippen molar-refractivity contribution in [1.29, 1.82) is 10.5 Å². The van der Waals surface area contributed by atoms with Crippen LogP contribution in [0.25, 0.3) is 31.9 Å². The summed E-state index contributed by atoms with van der Waals surface area (Å²) in [6.07, 6.45) is 4.30. The van der Waals surface area contributed by atoms with E-state index in [0.29, 0.717) is 10.4 Å². The summed E-state index contributed by atoms with van der Waals surface area (Å²) in [5.74, 6) is 0.436. The van der Waals surface area contributed by atoms with E-state index in [4.69, 9.17) is 13.1 Å². The number of nitriles is 2. The molecule has 0 saturated carbocycles. The van der Waals surface area contributed by atoms with Gasteiger partial charge in [-0.2, -0.15) is 20.2 Å². The van der Waals surface area contributed by atoms with E-state index in [1.54, 1.807) is 12.1 Å². The standard InChI is InChI=1S/C22H14N4/c1-13-5-6-14(2)19-10-21-17(22(25-3)26-4)8-7-16(15(11-23)12-24)20(21)9-18(13)19/h5-10,13-14H,1-2H3. The predicted molar refractivity (Wildman–Crippen MR) is 100 cm³/mol. The molecule has 0 aromatic heterocycles. The van der Waals surface area contributed by atoms with E-state index in [0.717, 1.165) is 21.9 Å². The van der Waals surface area contributed by atoms with Gasteiger partial charge in [-0.15, -0.1) is 0 Å². The van der Waals surface area contributed by atoms with E-state index in [2.05, 4.69) is 35.7 Å². The molecule has 0 amide bonds. The molecule has 0 bridgehead atoms. The number of rotatable bonds is 0. The van der Waals surface area contributed by atoms with Gasteiger partial charge in [-0.3, -0.25) is 0 Å². The molecule has 2 unspecified atom stereocenters. The third kappa shape index (κ3) is 2.52. The summed E-state index contributed by atoms with van der Waals surface area (Å²) in [6, 6.07) is 11.2. The fraction of sp³-hybridized carbons (Fsp3) is 0.182. The Hall–Kier alpha value is -3.86. The second-order valence-electron chi connectivity index (χ2n) is 6.30. The SMILES string of the molecule is [C-]#[N+]C([N+]#[C-])=c1ccc(=C(C#N)C#N)c2cc3c(cc12)C(C)C=CC3C. The van der Waals surface area contributed by atoms with Gasteiger partial charge in [0.05, 0.1) is 5.22 Å². The lowest BCUT2D eigenvalue weighted by atomic mass is 9.81. The molecule has 26 heavy (non-hydrogen) atoms. The maximum Gasteiger partial charge on any atom is 0.527 e. The Kier molecular flexibility index (Phi) is 4.29. The summed E-state index contributed by atoms with van der Waals surface area (Å²) < 4.78 is 0. The first-order valence-corrected chi connectivity index (χ1v) is 8.14. The molecule has 1 aliphatic carbocycles. The van der Waals surface area contributed by atoms with Crippen molar-refractivity contribution in [3.05, 3.63) is 80.8 Å². The Bertz CT molecular complexity index is 1120. The van der Waals surface area contributed by atoms with Crippen molar-refractivity contribution in [2.45, 2.75) is 25.7 Å². The Morgan fingerprint density at radius 2 is 1.35 bits per heavy atom. The molecule has 0 spiro atoms. The summed E-state index contributed by atoms with van der Waals surface area (Å²) >= 11 is 0. The number of fused-ring (bicyclic) bond motifs is 2.